The molecule has 2 aliphatic rings. The summed E-state index contributed by atoms with van der Waals surface area (Å²) >= 11 is 0. The van der Waals surface area contributed by atoms with Gasteiger partial charge < -0.3 is 14.4 Å². The number of carbonyl (C=O) groups is 1. The Bertz CT molecular complexity index is 732. The Balaban J connectivity index is 1.68. The zero-order valence-electron chi connectivity index (χ0n) is 14.7. The summed E-state index contributed by atoms with van der Waals surface area (Å²) in [7, 11) is 0.332. The lowest BCUT2D eigenvalue weighted by atomic mass is 9.97. The number of amides is 1. The first-order valence-corrected chi connectivity index (χ1v) is 10.5. The normalized spacial score (nSPS) is 23.4. The third-order valence-electron chi connectivity index (χ3n) is 5.28. The molecule has 0 saturated carbocycles. The predicted octanol–water partition coefficient (Wildman–Crippen LogP) is 1.84. The van der Waals surface area contributed by atoms with Crippen LogP contribution in [-0.4, -0.2) is 58.0 Å². The van der Waals surface area contributed by atoms with Gasteiger partial charge in [-0.15, -0.1) is 0 Å². The molecule has 0 spiro atoms. The van der Waals surface area contributed by atoms with E-state index in [1.54, 1.807) is 14.2 Å². The van der Waals surface area contributed by atoms with Crippen molar-refractivity contribution in [3.05, 3.63) is 23.8 Å². The van der Waals surface area contributed by atoms with E-state index >= 15 is 0 Å². The molecule has 1 atom stereocenters. The Morgan fingerprint density at radius 2 is 1.84 bits per heavy atom. The molecule has 138 valence electrons. The Morgan fingerprint density at radius 3 is 2.48 bits per heavy atom. The summed E-state index contributed by atoms with van der Waals surface area (Å²) < 4.78 is 33.9. The van der Waals surface area contributed by atoms with Crippen molar-refractivity contribution in [2.45, 2.75) is 25.2 Å². The first-order chi connectivity index (χ1) is 11.9. The van der Waals surface area contributed by atoms with E-state index in [9.17, 15) is 13.2 Å². The van der Waals surface area contributed by atoms with Gasteiger partial charge in [0.2, 0.25) is 5.91 Å². The number of carbonyl (C=O) groups excluding carboxylic acids is 1. The molecule has 2 fully saturated rings. The van der Waals surface area contributed by atoms with E-state index in [0.717, 1.165) is 23.5 Å². The van der Waals surface area contributed by atoms with Crippen molar-refractivity contribution in [2.24, 2.45) is 5.92 Å². The lowest BCUT2D eigenvalue weighted by Gasteiger charge is -2.26. The number of hydrogen-bond acceptors (Lipinski definition) is 5. The first-order valence-electron chi connectivity index (χ1n) is 8.64. The molecule has 1 unspecified atom stereocenters. The van der Waals surface area contributed by atoms with Gasteiger partial charge in [0.05, 0.1) is 25.7 Å². The Labute approximate surface area is 149 Å². The van der Waals surface area contributed by atoms with Crippen LogP contribution in [0.3, 0.4) is 0 Å². The second-order valence-corrected chi connectivity index (χ2v) is 9.11. The molecule has 2 heterocycles. The number of ether oxygens (including phenoxy) is 2. The number of nitrogens with zero attached hydrogens (tertiary/aromatic N) is 1. The van der Waals surface area contributed by atoms with Crippen LogP contribution in [0.1, 0.15) is 30.7 Å². The minimum Gasteiger partial charge on any atom is -0.497 e. The van der Waals surface area contributed by atoms with Crippen LogP contribution in [0.25, 0.3) is 0 Å². The molecule has 1 aromatic rings. The molecular formula is C18H25NO5S. The smallest absolute Gasteiger partial charge is 0.225 e. The molecule has 0 N–H and O–H groups in total. The quantitative estimate of drug-likeness (QED) is 0.812. The monoisotopic (exact) mass is 367 g/mol. The summed E-state index contributed by atoms with van der Waals surface area (Å²) in [5.41, 5.74) is 1.06. The molecule has 0 aromatic heterocycles. The summed E-state index contributed by atoms with van der Waals surface area (Å²) in [4.78, 5) is 14.6. The number of methoxy groups -OCH3 is 2. The molecule has 2 aliphatic heterocycles. The number of benzene rings is 1. The fraction of sp³-hybridized carbons (Fsp3) is 0.611. The molecule has 3 rings (SSSR count). The zero-order chi connectivity index (χ0) is 18.0. The molecule has 7 heteroatoms. The van der Waals surface area contributed by atoms with Gasteiger partial charge in [-0.25, -0.2) is 8.42 Å². The minimum absolute atomic E-state index is 0.0965. The Hall–Kier alpha value is -1.76. The fourth-order valence-electron chi connectivity index (χ4n) is 3.77. The zero-order valence-corrected chi connectivity index (χ0v) is 15.5. The minimum atomic E-state index is -2.94. The van der Waals surface area contributed by atoms with Gasteiger partial charge in [0.25, 0.3) is 0 Å². The molecule has 0 radical (unpaired) electrons. The highest BCUT2D eigenvalue weighted by atomic mass is 32.2. The van der Waals surface area contributed by atoms with E-state index in [4.69, 9.17) is 9.47 Å². The van der Waals surface area contributed by atoms with E-state index in [-0.39, 0.29) is 29.2 Å². The second kappa shape index (κ2) is 7.23. The SMILES string of the molecule is COc1ccc(OC)c(C2CCN(C(=O)C3CCS(=O)(=O)CC3)C2)c1. The van der Waals surface area contributed by atoms with Gasteiger partial charge in [-0.1, -0.05) is 0 Å². The third-order valence-corrected chi connectivity index (χ3v) is 7.00. The average Bonchev–Trinajstić information content (AvgIpc) is 3.10. The van der Waals surface area contributed by atoms with Crippen molar-refractivity contribution in [1.82, 2.24) is 4.90 Å². The maximum absolute atomic E-state index is 12.7. The first kappa shape index (κ1) is 18.0. The van der Waals surface area contributed by atoms with Crippen molar-refractivity contribution in [3.63, 3.8) is 0 Å². The summed E-state index contributed by atoms with van der Waals surface area (Å²) in [5, 5.41) is 0. The van der Waals surface area contributed by atoms with Crippen LogP contribution in [-0.2, 0) is 14.6 Å². The lowest BCUT2D eigenvalue weighted by Crippen LogP contribution is -2.38. The van der Waals surface area contributed by atoms with Crippen molar-refractivity contribution >= 4 is 15.7 Å². The molecule has 6 nitrogen and oxygen atoms in total. The standard InChI is InChI=1S/C18H25NO5S/c1-23-15-3-4-17(24-2)16(11-15)14-5-8-19(12-14)18(20)13-6-9-25(21,22)10-7-13/h3-4,11,13-14H,5-10,12H2,1-2H3. The van der Waals surface area contributed by atoms with Crippen LogP contribution in [0.4, 0.5) is 0 Å². The van der Waals surface area contributed by atoms with Gasteiger partial charge in [0.1, 0.15) is 21.3 Å². The topological polar surface area (TPSA) is 72.9 Å². The summed E-state index contributed by atoms with van der Waals surface area (Å²) in [6.07, 6.45) is 1.77. The van der Waals surface area contributed by atoms with Crippen LogP contribution >= 0.6 is 0 Å². The van der Waals surface area contributed by atoms with Gasteiger partial charge in [-0.05, 0) is 37.5 Å². The summed E-state index contributed by atoms with van der Waals surface area (Å²) in [6, 6.07) is 5.73. The van der Waals surface area contributed by atoms with Crippen LogP contribution < -0.4 is 9.47 Å². The van der Waals surface area contributed by atoms with Crippen LogP contribution in [0.5, 0.6) is 11.5 Å². The maximum atomic E-state index is 12.7. The van der Waals surface area contributed by atoms with Crippen molar-refractivity contribution in [3.8, 4) is 11.5 Å². The highest BCUT2D eigenvalue weighted by molar-refractivity contribution is 7.91. The Kier molecular flexibility index (Phi) is 5.22. The van der Waals surface area contributed by atoms with Crippen LogP contribution in [0.2, 0.25) is 0 Å². The van der Waals surface area contributed by atoms with E-state index in [2.05, 4.69) is 0 Å². The van der Waals surface area contributed by atoms with E-state index < -0.39 is 9.84 Å². The van der Waals surface area contributed by atoms with Gasteiger partial charge in [-0.2, -0.15) is 0 Å². The van der Waals surface area contributed by atoms with E-state index in [0.29, 0.717) is 25.9 Å². The average molecular weight is 367 g/mol. The van der Waals surface area contributed by atoms with Crippen molar-refractivity contribution in [1.29, 1.82) is 0 Å². The van der Waals surface area contributed by atoms with Gasteiger partial charge in [-0.3, -0.25) is 4.79 Å². The van der Waals surface area contributed by atoms with Gasteiger partial charge in [0, 0.05) is 30.5 Å². The number of hydrogen-bond donors (Lipinski definition) is 0. The predicted molar refractivity (Wildman–Crippen MR) is 94.9 cm³/mol. The number of rotatable bonds is 4. The molecule has 1 aromatic carbocycles. The summed E-state index contributed by atoms with van der Waals surface area (Å²) in [5.74, 6) is 1.99. The van der Waals surface area contributed by atoms with Crippen molar-refractivity contribution < 1.29 is 22.7 Å². The second-order valence-electron chi connectivity index (χ2n) is 6.80. The van der Waals surface area contributed by atoms with Gasteiger partial charge in [0.15, 0.2) is 0 Å². The summed E-state index contributed by atoms with van der Waals surface area (Å²) in [6.45, 7) is 1.35. The fourth-order valence-corrected chi connectivity index (χ4v) is 5.26. The maximum Gasteiger partial charge on any atom is 0.225 e. The lowest BCUT2D eigenvalue weighted by molar-refractivity contribution is -0.134. The van der Waals surface area contributed by atoms with Gasteiger partial charge >= 0.3 is 0 Å². The molecule has 0 aliphatic carbocycles. The highest BCUT2D eigenvalue weighted by Gasteiger charge is 2.35. The van der Waals surface area contributed by atoms with Crippen LogP contribution in [0.15, 0.2) is 18.2 Å². The highest BCUT2D eigenvalue weighted by Crippen LogP contribution is 2.37. The molecule has 1 amide bonds. The molecule has 0 bridgehead atoms. The number of likely N-dealkylation sites (tertiary alicyclic amines) is 1. The van der Waals surface area contributed by atoms with Crippen LogP contribution in [0, 0.1) is 5.92 Å². The Morgan fingerprint density at radius 1 is 1.12 bits per heavy atom. The molecule has 2 saturated heterocycles. The van der Waals surface area contributed by atoms with E-state index in [1.807, 2.05) is 23.1 Å². The number of sulfone groups is 1. The largest absolute Gasteiger partial charge is 0.497 e. The molecule has 25 heavy (non-hydrogen) atoms. The van der Waals surface area contributed by atoms with E-state index in [1.165, 1.54) is 0 Å². The molecular weight excluding hydrogens is 342 g/mol. The third kappa shape index (κ3) is 3.92. The van der Waals surface area contributed by atoms with Crippen molar-refractivity contribution in [2.75, 3.05) is 38.8 Å².